The van der Waals surface area contributed by atoms with E-state index in [1.165, 1.54) is 6.07 Å². The highest BCUT2D eigenvalue weighted by molar-refractivity contribution is 5.78. The number of carbonyl (C=O) groups is 2. The highest BCUT2D eigenvalue weighted by atomic mass is 19.1. The Balaban J connectivity index is 2.63. The number of hydrogen-bond acceptors (Lipinski definition) is 2. The Morgan fingerprint density at radius 3 is 2.45 bits per heavy atom. The predicted octanol–water partition coefficient (Wildman–Crippen LogP) is 2.89. The first-order valence-corrected chi connectivity index (χ1v) is 6.47. The van der Waals surface area contributed by atoms with Gasteiger partial charge in [-0.05, 0) is 18.4 Å². The highest BCUT2D eigenvalue weighted by Crippen LogP contribution is 2.25. The molecule has 5 heteroatoms. The molecule has 1 rings (SSSR count). The van der Waals surface area contributed by atoms with E-state index in [1.807, 2.05) is 0 Å². The van der Waals surface area contributed by atoms with Crippen LogP contribution in [-0.4, -0.2) is 17.0 Å². The van der Waals surface area contributed by atoms with Gasteiger partial charge in [0.2, 0.25) is 5.91 Å². The Hall–Kier alpha value is -1.91. The number of carbonyl (C=O) groups excluding carboxylic acids is 1. The quantitative estimate of drug-likeness (QED) is 0.842. The molecule has 0 aliphatic rings. The van der Waals surface area contributed by atoms with Crippen molar-refractivity contribution in [2.45, 2.75) is 39.7 Å². The summed E-state index contributed by atoms with van der Waals surface area (Å²) >= 11 is 0. The molecule has 2 N–H and O–H groups in total. The van der Waals surface area contributed by atoms with Crippen molar-refractivity contribution >= 4 is 11.9 Å². The Morgan fingerprint density at radius 2 is 1.90 bits per heavy atom. The van der Waals surface area contributed by atoms with Gasteiger partial charge in [-0.3, -0.25) is 9.59 Å². The van der Waals surface area contributed by atoms with Crippen molar-refractivity contribution in [2.24, 2.45) is 5.41 Å². The van der Waals surface area contributed by atoms with E-state index in [4.69, 9.17) is 5.11 Å². The van der Waals surface area contributed by atoms with Crippen LogP contribution >= 0.6 is 0 Å². The molecule has 0 aliphatic heterocycles. The van der Waals surface area contributed by atoms with Crippen molar-refractivity contribution in [1.29, 1.82) is 0 Å². The van der Waals surface area contributed by atoms with Gasteiger partial charge in [-0.2, -0.15) is 0 Å². The normalized spacial score (nSPS) is 12.8. The van der Waals surface area contributed by atoms with Crippen LogP contribution in [0.4, 0.5) is 4.39 Å². The molecule has 0 fully saturated rings. The molecule has 1 unspecified atom stereocenters. The van der Waals surface area contributed by atoms with Gasteiger partial charge in [-0.25, -0.2) is 4.39 Å². The molecule has 0 spiro atoms. The summed E-state index contributed by atoms with van der Waals surface area (Å²) in [6, 6.07) is 5.79. The molecule has 0 saturated carbocycles. The van der Waals surface area contributed by atoms with Crippen LogP contribution in [0, 0.1) is 11.2 Å². The smallest absolute Gasteiger partial charge is 0.303 e. The second-order valence-electron chi connectivity index (χ2n) is 5.72. The molecule has 0 saturated heterocycles. The summed E-state index contributed by atoms with van der Waals surface area (Å²) in [4.78, 5) is 22.6. The van der Waals surface area contributed by atoms with Crippen LogP contribution in [-0.2, 0) is 9.59 Å². The fourth-order valence-corrected chi connectivity index (χ4v) is 2.10. The molecule has 110 valence electrons. The third-order valence-corrected chi connectivity index (χ3v) is 3.02. The number of carboxylic acids is 1. The zero-order valence-corrected chi connectivity index (χ0v) is 11.9. The van der Waals surface area contributed by atoms with Crippen molar-refractivity contribution in [3.05, 3.63) is 35.6 Å². The maximum atomic E-state index is 13.6. The Bertz CT molecular complexity index is 500. The molecule has 0 aromatic heterocycles. The van der Waals surface area contributed by atoms with Crippen LogP contribution in [0.15, 0.2) is 24.3 Å². The summed E-state index contributed by atoms with van der Waals surface area (Å²) in [5.41, 5.74) is -0.220. The van der Waals surface area contributed by atoms with E-state index < -0.39 is 17.4 Å². The standard InChI is InChI=1S/C15H20FNO3/c1-10(11-6-4-5-7-12(11)16)17-13(18)8-15(2,3)9-14(19)20/h4-7,10H,8-9H2,1-3H3,(H,17,18)(H,19,20). The summed E-state index contributed by atoms with van der Waals surface area (Å²) in [5, 5.41) is 11.5. The van der Waals surface area contributed by atoms with Crippen molar-refractivity contribution in [3.8, 4) is 0 Å². The van der Waals surface area contributed by atoms with Crippen LogP contribution in [0.2, 0.25) is 0 Å². The Labute approximate surface area is 118 Å². The second-order valence-corrected chi connectivity index (χ2v) is 5.72. The summed E-state index contributed by atoms with van der Waals surface area (Å²) in [7, 11) is 0. The molecule has 4 nitrogen and oxygen atoms in total. The molecule has 1 aromatic carbocycles. The zero-order chi connectivity index (χ0) is 15.3. The Kier molecular flexibility index (Phi) is 5.25. The minimum absolute atomic E-state index is 0.0814. The summed E-state index contributed by atoms with van der Waals surface area (Å²) in [6.45, 7) is 5.13. The zero-order valence-electron chi connectivity index (χ0n) is 11.9. The molecule has 1 atom stereocenters. The maximum Gasteiger partial charge on any atom is 0.303 e. The largest absolute Gasteiger partial charge is 0.481 e. The number of amides is 1. The van der Waals surface area contributed by atoms with Gasteiger partial charge in [0, 0.05) is 12.0 Å². The molecule has 1 amide bonds. The summed E-state index contributed by atoms with van der Waals surface area (Å²) in [5.74, 6) is -1.60. The molecule has 0 aliphatic carbocycles. The van der Waals surface area contributed by atoms with E-state index in [-0.39, 0.29) is 24.6 Å². The SMILES string of the molecule is CC(NC(=O)CC(C)(C)CC(=O)O)c1ccccc1F. The molecule has 0 radical (unpaired) electrons. The van der Waals surface area contributed by atoms with Crippen LogP contribution < -0.4 is 5.32 Å². The number of aliphatic carboxylic acids is 1. The van der Waals surface area contributed by atoms with Gasteiger partial charge >= 0.3 is 5.97 Å². The lowest BCUT2D eigenvalue weighted by molar-refractivity contribution is -0.139. The first kappa shape index (κ1) is 16.1. The fraction of sp³-hybridized carbons (Fsp3) is 0.467. The average Bonchev–Trinajstić information content (AvgIpc) is 2.25. The predicted molar refractivity (Wildman–Crippen MR) is 73.6 cm³/mol. The van der Waals surface area contributed by atoms with Crippen molar-refractivity contribution < 1.29 is 19.1 Å². The molecular weight excluding hydrogens is 261 g/mol. The van der Waals surface area contributed by atoms with Crippen molar-refractivity contribution in [1.82, 2.24) is 5.32 Å². The molecule has 20 heavy (non-hydrogen) atoms. The van der Waals surface area contributed by atoms with Crippen molar-refractivity contribution in [3.63, 3.8) is 0 Å². The number of rotatable bonds is 6. The first-order valence-electron chi connectivity index (χ1n) is 6.47. The topological polar surface area (TPSA) is 66.4 Å². The van der Waals surface area contributed by atoms with Gasteiger partial charge in [0.05, 0.1) is 12.5 Å². The maximum absolute atomic E-state index is 13.6. The average molecular weight is 281 g/mol. The van der Waals surface area contributed by atoms with E-state index in [1.54, 1.807) is 39.0 Å². The van der Waals surface area contributed by atoms with Gasteiger partial charge in [-0.1, -0.05) is 32.0 Å². The van der Waals surface area contributed by atoms with Gasteiger partial charge in [-0.15, -0.1) is 0 Å². The highest BCUT2D eigenvalue weighted by Gasteiger charge is 2.26. The van der Waals surface area contributed by atoms with Gasteiger partial charge < -0.3 is 10.4 Å². The lowest BCUT2D eigenvalue weighted by atomic mass is 9.85. The third kappa shape index (κ3) is 4.99. The van der Waals surface area contributed by atoms with E-state index in [9.17, 15) is 14.0 Å². The number of halogens is 1. The minimum Gasteiger partial charge on any atom is -0.481 e. The van der Waals surface area contributed by atoms with Crippen molar-refractivity contribution in [2.75, 3.05) is 0 Å². The summed E-state index contributed by atoms with van der Waals surface area (Å²) < 4.78 is 13.6. The van der Waals surface area contributed by atoms with Crippen LogP contribution in [0.1, 0.15) is 45.2 Å². The lowest BCUT2D eigenvalue weighted by Gasteiger charge is -2.23. The van der Waals surface area contributed by atoms with Gasteiger partial charge in [0.25, 0.3) is 0 Å². The number of carboxylic acid groups (broad SMARTS) is 1. The van der Waals surface area contributed by atoms with Crippen LogP contribution in [0.3, 0.4) is 0 Å². The van der Waals surface area contributed by atoms with Gasteiger partial charge in [0.1, 0.15) is 5.82 Å². The van der Waals surface area contributed by atoms with E-state index >= 15 is 0 Å². The lowest BCUT2D eigenvalue weighted by Crippen LogP contribution is -2.32. The van der Waals surface area contributed by atoms with E-state index in [2.05, 4.69) is 5.32 Å². The van der Waals surface area contributed by atoms with Gasteiger partial charge in [0.15, 0.2) is 0 Å². The molecule has 0 heterocycles. The third-order valence-electron chi connectivity index (χ3n) is 3.02. The first-order chi connectivity index (χ1) is 9.21. The monoisotopic (exact) mass is 281 g/mol. The number of hydrogen-bond donors (Lipinski definition) is 2. The van der Waals surface area contributed by atoms with E-state index in [0.717, 1.165) is 0 Å². The summed E-state index contributed by atoms with van der Waals surface area (Å²) in [6.07, 6.45) is -0.00735. The minimum atomic E-state index is -0.940. The van der Waals surface area contributed by atoms with Crippen LogP contribution in [0.25, 0.3) is 0 Å². The number of benzene rings is 1. The molecule has 1 aromatic rings. The molecule has 0 bridgehead atoms. The van der Waals surface area contributed by atoms with Crippen LogP contribution in [0.5, 0.6) is 0 Å². The second kappa shape index (κ2) is 6.50. The molecular formula is C15H20FNO3. The fourth-order valence-electron chi connectivity index (χ4n) is 2.10. The Morgan fingerprint density at radius 1 is 1.30 bits per heavy atom. The van der Waals surface area contributed by atoms with E-state index in [0.29, 0.717) is 5.56 Å². The number of nitrogens with one attached hydrogen (secondary N) is 1.